The Labute approximate surface area is 194 Å². The molecule has 0 radical (unpaired) electrons. The molecule has 1 aliphatic rings. The number of β-amino-alcohol motifs (C(OH)–C–C–N with tert-alkyl or cyclic N) is 1. The molecule has 0 aliphatic carbocycles. The number of aliphatic hydroxyl groups excluding tert-OH is 1. The van der Waals surface area contributed by atoms with E-state index in [2.05, 4.69) is 0 Å². The van der Waals surface area contributed by atoms with Gasteiger partial charge in [0.15, 0.2) is 0 Å². The molecule has 3 rings (SSSR count). The summed E-state index contributed by atoms with van der Waals surface area (Å²) in [5.74, 6) is 0.486. The topological polar surface area (TPSA) is 90.2 Å². The maximum absolute atomic E-state index is 12.6. The van der Waals surface area contributed by atoms with Crippen LogP contribution in [0.5, 0.6) is 5.75 Å². The lowest BCUT2D eigenvalue weighted by Gasteiger charge is -2.37. The summed E-state index contributed by atoms with van der Waals surface area (Å²) < 4.78 is 18.2. The van der Waals surface area contributed by atoms with E-state index in [1.54, 1.807) is 33.0 Å². The van der Waals surface area contributed by atoms with Gasteiger partial charge < -0.3 is 28.8 Å². The van der Waals surface area contributed by atoms with Crippen molar-refractivity contribution in [1.29, 1.82) is 0 Å². The Morgan fingerprint density at radius 2 is 1.91 bits per heavy atom. The van der Waals surface area contributed by atoms with Crippen LogP contribution in [-0.4, -0.2) is 58.7 Å². The number of pyridine rings is 1. The Morgan fingerprint density at radius 3 is 2.58 bits per heavy atom. The molecule has 33 heavy (non-hydrogen) atoms. The lowest BCUT2D eigenvalue weighted by molar-refractivity contribution is -0.0105. The number of piperidine rings is 1. The second kappa shape index (κ2) is 11.3. The van der Waals surface area contributed by atoms with Gasteiger partial charge in [0, 0.05) is 25.2 Å². The summed E-state index contributed by atoms with van der Waals surface area (Å²) in [5.41, 5.74) is 0.281. The lowest BCUT2D eigenvalue weighted by Crippen LogP contribution is -2.49. The van der Waals surface area contributed by atoms with E-state index in [1.165, 1.54) is 15.5 Å². The molecule has 0 spiro atoms. The van der Waals surface area contributed by atoms with Crippen molar-refractivity contribution in [2.45, 2.75) is 58.0 Å². The Balaban J connectivity index is 1.44. The van der Waals surface area contributed by atoms with Gasteiger partial charge in [0.05, 0.1) is 38.5 Å². The third-order valence-corrected chi connectivity index (χ3v) is 5.29. The fourth-order valence-electron chi connectivity index (χ4n) is 3.69. The smallest absolute Gasteiger partial charge is 0.410 e. The molecule has 180 valence electrons. The van der Waals surface area contributed by atoms with Gasteiger partial charge in [0.25, 0.3) is 5.56 Å². The van der Waals surface area contributed by atoms with Crippen LogP contribution in [-0.2, 0) is 16.1 Å². The normalized spacial score (nSPS) is 18.7. The quantitative estimate of drug-likeness (QED) is 0.610. The van der Waals surface area contributed by atoms with E-state index in [4.69, 9.17) is 14.2 Å². The summed E-state index contributed by atoms with van der Waals surface area (Å²) in [6.45, 7) is 7.49. The molecule has 2 atom stereocenters. The van der Waals surface area contributed by atoms with Crippen molar-refractivity contribution in [1.82, 2.24) is 9.47 Å². The number of hydrogen-bond acceptors (Lipinski definition) is 6. The Bertz CT molecular complexity index is 953. The molecule has 1 aromatic heterocycles. The van der Waals surface area contributed by atoms with Gasteiger partial charge in [-0.3, -0.25) is 4.79 Å². The first-order chi connectivity index (χ1) is 15.7. The molecule has 1 saturated heterocycles. The zero-order valence-corrected chi connectivity index (χ0v) is 19.6. The van der Waals surface area contributed by atoms with E-state index in [0.29, 0.717) is 45.0 Å². The minimum absolute atomic E-state index is 0.118. The highest BCUT2D eigenvalue weighted by Crippen LogP contribution is 2.24. The van der Waals surface area contributed by atoms with Crippen molar-refractivity contribution in [3.63, 3.8) is 0 Å². The lowest BCUT2D eigenvalue weighted by atomic mass is 10.0. The highest BCUT2D eigenvalue weighted by molar-refractivity contribution is 5.68. The van der Waals surface area contributed by atoms with Crippen molar-refractivity contribution in [3.8, 4) is 5.75 Å². The van der Waals surface area contributed by atoms with Crippen LogP contribution >= 0.6 is 0 Å². The van der Waals surface area contributed by atoms with E-state index in [1.807, 2.05) is 30.3 Å². The third kappa shape index (κ3) is 7.61. The number of ether oxygens (including phenoxy) is 3. The summed E-state index contributed by atoms with van der Waals surface area (Å²) in [5, 5.41) is 10.6. The average molecular weight is 459 g/mol. The summed E-state index contributed by atoms with van der Waals surface area (Å²) in [7, 11) is 0. The Kier molecular flexibility index (Phi) is 8.52. The standard InChI is InChI=1S/C25H34N2O6/c1-25(2,3)33-24(30)26-12-11-21(22(28)17-26)27-13-10-20(16-23(27)29)32-15-7-14-31-18-19-8-5-4-6-9-19/h4-6,8-10,13,16,21-22,28H,7,11-12,14-15,17-18H2,1-3H3. The summed E-state index contributed by atoms with van der Waals surface area (Å²) in [4.78, 5) is 26.4. The van der Waals surface area contributed by atoms with Crippen molar-refractivity contribution in [3.05, 3.63) is 64.6 Å². The van der Waals surface area contributed by atoms with E-state index in [-0.39, 0.29) is 12.1 Å². The van der Waals surface area contributed by atoms with Gasteiger partial charge in [0.1, 0.15) is 11.4 Å². The van der Waals surface area contributed by atoms with E-state index < -0.39 is 23.8 Å². The molecule has 2 aromatic rings. The van der Waals surface area contributed by atoms with Crippen molar-refractivity contribution in [2.24, 2.45) is 0 Å². The van der Waals surface area contributed by atoms with Crippen molar-refractivity contribution < 1.29 is 24.1 Å². The van der Waals surface area contributed by atoms with E-state index in [9.17, 15) is 14.7 Å². The predicted molar refractivity (Wildman–Crippen MR) is 124 cm³/mol. The number of rotatable bonds is 8. The summed E-state index contributed by atoms with van der Waals surface area (Å²) >= 11 is 0. The first-order valence-corrected chi connectivity index (χ1v) is 11.4. The summed E-state index contributed by atoms with van der Waals surface area (Å²) in [6, 6.07) is 12.7. The van der Waals surface area contributed by atoms with Gasteiger partial charge in [-0.15, -0.1) is 0 Å². The fraction of sp³-hybridized carbons (Fsp3) is 0.520. The molecule has 8 nitrogen and oxygen atoms in total. The minimum Gasteiger partial charge on any atom is -0.493 e. The predicted octanol–water partition coefficient (Wildman–Crippen LogP) is 3.38. The highest BCUT2D eigenvalue weighted by atomic mass is 16.6. The summed E-state index contributed by atoms with van der Waals surface area (Å²) in [6.07, 6.45) is 1.48. The monoisotopic (exact) mass is 458 g/mol. The second-order valence-corrected chi connectivity index (χ2v) is 9.20. The molecule has 1 amide bonds. The molecular weight excluding hydrogens is 424 g/mol. The fourth-order valence-corrected chi connectivity index (χ4v) is 3.69. The molecule has 0 saturated carbocycles. The molecule has 2 heterocycles. The minimum atomic E-state index is -0.863. The number of carbonyl (C=O) groups excluding carboxylic acids is 1. The number of likely N-dealkylation sites (tertiary alicyclic amines) is 1. The number of hydrogen-bond donors (Lipinski definition) is 1. The third-order valence-electron chi connectivity index (χ3n) is 5.29. The maximum Gasteiger partial charge on any atom is 0.410 e. The van der Waals surface area contributed by atoms with Gasteiger partial charge in [-0.25, -0.2) is 4.79 Å². The van der Waals surface area contributed by atoms with Crippen LogP contribution in [0.3, 0.4) is 0 Å². The van der Waals surface area contributed by atoms with Crippen LogP contribution in [0.1, 0.15) is 45.2 Å². The van der Waals surface area contributed by atoms with Crippen LogP contribution in [0.15, 0.2) is 53.5 Å². The molecule has 1 aromatic carbocycles. The van der Waals surface area contributed by atoms with Gasteiger partial charge in [-0.05, 0) is 38.8 Å². The molecule has 8 heteroatoms. The van der Waals surface area contributed by atoms with Crippen molar-refractivity contribution in [2.75, 3.05) is 26.3 Å². The largest absolute Gasteiger partial charge is 0.493 e. The zero-order chi connectivity index (χ0) is 23.8. The zero-order valence-electron chi connectivity index (χ0n) is 19.6. The first kappa shape index (κ1) is 24.8. The SMILES string of the molecule is CC(C)(C)OC(=O)N1CCC(n2ccc(OCCCOCc3ccccc3)cc2=O)C(O)C1. The first-order valence-electron chi connectivity index (χ1n) is 11.4. The molecule has 1 N–H and O–H groups in total. The number of aromatic nitrogens is 1. The molecule has 1 aliphatic heterocycles. The van der Waals surface area contributed by atoms with Crippen molar-refractivity contribution >= 4 is 6.09 Å². The molecule has 2 unspecified atom stereocenters. The maximum atomic E-state index is 12.6. The highest BCUT2D eigenvalue weighted by Gasteiger charge is 2.33. The molecule has 0 bridgehead atoms. The Hall–Kier alpha value is -2.84. The number of carbonyl (C=O) groups is 1. The van der Waals surface area contributed by atoms with E-state index >= 15 is 0 Å². The van der Waals surface area contributed by atoms with Gasteiger partial charge >= 0.3 is 6.09 Å². The van der Waals surface area contributed by atoms with Crippen LogP contribution in [0, 0.1) is 0 Å². The van der Waals surface area contributed by atoms with Gasteiger partial charge in [-0.2, -0.15) is 0 Å². The van der Waals surface area contributed by atoms with E-state index in [0.717, 1.165) is 5.56 Å². The number of amides is 1. The second-order valence-electron chi connectivity index (χ2n) is 9.20. The van der Waals surface area contributed by atoms with Crippen LogP contribution < -0.4 is 10.3 Å². The average Bonchev–Trinajstić information content (AvgIpc) is 2.76. The number of nitrogens with zero attached hydrogens (tertiary/aromatic N) is 2. The van der Waals surface area contributed by atoms with Crippen LogP contribution in [0.25, 0.3) is 0 Å². The number of aliphatic hydroxyl groups is 1. The van der Waals surface area contributed by atoms with Gasteiger partial charge in [0.2, 0.25) is 0 Å². The Morgan fingerprint density at radius 1 is 1.15 bits per heavy atom. The van der Waals surface area contributed by atoms with Gasteiger partial charge in [-0.1, -0.05) is 30.3 Å². The van der Waals surface area contributed by atoms with Crippen LogP contribution in [0.2, 0.25) is 0 Å². The van der Waals surface area contributed by atoms with Crippen LogP contribution in [0.4, 0.5) is 4.79 Å². The molecular formula is C25H34N2O6. The molecule has 1 fully saturated rings. The number of benzene rings is 1.